The van der Waals surface area contributed by atoms with E-state index in [4.69, 9.17) is 42.6 Å². The van der Waals surface area contributed by atoms with Crippen LogP contribution < -0.4 is 0 Å². The third-order valence-electron chi connectivity index (χ3n) is 18.3. The first-order chi connectivity index (χ1) is 31.2. The monoisotopic (exact) mass is 941 g/mol. The molecule has 4 saturated carbocycles. The van der Waals surface area contributed by atoms with Crippen molar-refractivity contribution in [2.24, 2.45) is 34.5 Å². The molecule has 8 fully saturated rings. The fraction of sp³-hybridized carbons (Fsp3) is 0.938. The maximum Gasteiger partial charge on any atom is 0.331 e. The molecule has 0 spiro atoms. The van der Waals surface area contributed by atoms with E-state index in [1.807, 2.05) is 20.8 Å². The summed E-state index contributed by atoms with van der Waals surface area (Å²) < 4.78 is 54.9. The quantitative estimate of drug-likeness (QED) is 0.114. The molecule has 25 atom stereocenters. The van der Waals surface area contributed by atoms with E-state index in [9.17, 15) is 45.6 Å². The number of hydrogen-bond acceptors (Lipinski definition) is 18. The summed E-state index contributed by atoms with van der Waals surface area (Å²) in [6, 6.07) is 0. The summed E-state index contributed by atoms with van der Waals surface area (Å²) in [6.07, 6.45) is -6.09. The predicted octanol–water partition coefficient (Wildman–Crippen LogP) is 1.46. The average Bonchev–Trinajstić information content (AvgIpc) is 3.81. The minimum absolute atomic E-state index is 0.0534. The Morgan fingerprint density at radius 1 is 0.727 bits per heavy atom. The second-order valence-corrected chi connectivity index (χ2v) is 22.1. The molecule has 0 radical (unpaired) electrons. The van der Waals surface area contributed by atoms with Gasteiger partial charge in [-0.3, -0.25) is 0 Å². The van der Waals surface area contributed by atoms with Crippen molar-refractivity contribution < 1.29 is 88.3 Å². The summed E-state index contributed by atoms with van der Waals surface area (Å²) in [7, 11) is 0. The van der Waals surface area contributed by atoms with Crippen molar-refractivity contribution in [3.05, 3.63) is 11.6 Å². The molecule has 0 aromatic carbocycles. The summed E-state index contributed by atoms with van der Waals surface area (Å²) in [6.45, 7) is 11.3. The first kappa shape index (κ1) is 49.5. The lowest BCUT2D eigenvalue weighted by Gasteiger charge is -2.65. The van der Waals surface area contributed by atoms with Crippen LogP contribution in [0.3, 0.4) is 0 Å². The van der Waals surface area contributed by atoms with Crippen LogP contribution in [0.1, 0.15) is 119 Å². The maximum atomic E-state index is 12.6. The molecular weight excluding hydrogens is 865 g/mol. The number of cyclic esters (lactones) is 1. The average molecular weight is 941 g/mol. The molecule has 18 nitrogen and oxygen atoms in total. The highest BCUT2D eigenvalue weighted by atomic mass is 16.8. The smallest absolute Gasteiger partial charge is 0.331 e. The maximum absolute atomic E-state index is 12.6. The minimum atomic E-state index is -1.56. The van der Waals surface area contributed by atoms with Gasteiger partial charge in [-0.1, -0.05) is 13.8 Å². The SMILES string of the molecule is C[C@H]1O[C@@H](O[C@H]2[C@@H](O)C[C@](C)(O[C@H]3CC[C@@]4(C)[C@H](CC[C@@H]5[C@@H]4C[C@@H](O)[C@]4(C)[C@@H](C6=CC(=O)OC6)CC[C@]54O)C3)O[C@@H]2C)C[C@H](O)[C@@H]1O[C@H]1CC[C@H](O[C@@H]2O[C@H](CO)[C@@H](O)[C@H](O)[C@H]2O)[C@@H](C)O1. The van der Waals surface area contributed by atoms with Crippen LogP contribution in [0.15, 0.2) is 11.6 Å². The van der Waals surface area contributed by atoms with E-state index in [1.165, 1.54) is 0 Å². The molecule has 0 unspecified atom stereocenters. The van der Waals surface area contributed by atoms with Crippen molar-refractivity contribution in [1.82, 2.24) is 0 Å². The van der Waals surface area contributed by atoms with E-state index >= 15 is 0 Å². The standard InChI is InChI=1S/C48H76O18/c1-22-33(61-44-41(56)40(55)39(54)34(20-49)62-44)9-10-37(59-22)63-42-23(2)60-38(18-31(42)50)64-43-24(3)65-46(5,19-32(43)51)66-27-11-13-45(4)26(16-27)7-8-29-30(45)17-35(52)47(6)28(12-14-48(29,47)57)25-15-36(53)58-21-25/h15,22-24,26-35,37-44,49-52,54-57H,7-14,16-21H2,1-6H3/t22-,23-,24-,26-,27+,28-,29-,30+,31+,32+,33+,34-,35-,37+,38+,39-,40+,41-,42-,43-,44-,45+,46+,47+,48+/m1/s1. The molecule has 0 bridgehead atoms. The van der Waals surface area contributed by atoms with Gasteiger partial charge >= 0.3 is 5.97 Å². The fourth-order valence-corrected chi connectivity index (χ4v) is 14.6. The van der Waals surface area contributed by atoms with Gasteiger partial charge in [0.05, 0.1) is 61.0 Å². The number of hydrogen-bond donors (Lipinski definition) is 8. The van der Waals surface area contributed by atoms with Crippen LogP contribution in [0.25, 0.3) is 0 Å². The number of carbonyl (C=O) groups excluding carboxylic acids is 1. The van der Waals surface area contributed by atoms with Crippen molar-refractivity contribution in [3.8, 4) is 0 Å². The lowest BCUT2D eigenvalue weighted by Crippen LogP contribution is -2.67. The van der Waals surface area contributed by atoms with Crippen LogP contribution in [0.5, 0.6) is 0 Å². The molecule has 9 aliphatic rings. The predicted molar refractivity (Wildman–Crippen MR) is 228 cm³/mol. The molecule has 18 heteroatoms. The Hall–Kier alpha value is -1.43. The van der Waals surface area contributed by atoms with Crippen molar-refractivity contribution in [1.29, 1.82) is 0 Å². The normalized spacial score (nSPS) is 55.3. The number of aliphatic hydroxyl groups excluding tert-OH is 7. The van der Waals surface area contributed by atoms with E-state index in [0.29, 0.717) is 31.6 Å². The van der Waals surface area contributed by atoms with Crippen LogP contribution >= 0.6 is 0 Å². The number of ether oxygens (including phenoxy) is 9. The van der Waals surface area contributed by atoms with Gasteiger partial charge in [0.2, 0.25) is 0 Å². The van der Waals surface area contributed by atoms with E-state index in [1.54, 1.807) is 19.9 Å². The summed E-state index contributed by atoms with van der Waals surface area (Å²) >= 11 is 0. The topological polar surface area (TPSA) is 262 Å². The molecule has 5 aliphatic heterocycles. The van der Waals surface area contributed by atoms with Gasteiger partial charge in [0.15, 0.2) is 24.7 Å². The highest BCUT2D eigenvalue weighted by molar-refractivity contribution is 5.85. The summed E-state index contributed by atoms with van der Waals surface area (Å²) in [5.41, 5.74) is -0.977. The van der Waals surface area contributed by atoms with Gasteiger partial charge < -0.3 is 83.5 Å². The Morgan fingerprint density at radius 3 is 2.14 bits per heavy atom. The highest BCUT2D eigenvalue weighted by Gasteiger charge is 2.71. The number of carbonyl (C=O) groups is 1. The zero-order valence-electron chi connectivity index (χ0n) is 39.3. The zero-order valence-corrected chi connectivity index (χ0v) is 39.3. The molecule has 0 aromatic rings. The molecule has 8 N–H and O–H groups in total. The Labute approximate surface area is 387 Å². The van der Waals surface area contributed by atoms with Crippen molar-refractivity contribution in [2.45, 2.75) is 234 Å². The molecular formula is C48H76O18. The van der Waals surface area contributed by atoms with Crippen molar-refractivity contribution in [3.63, 3.8) is 0 Å². The van der Waals surface area contributed by atoms with Gasteiger partial charge in [-0.25, -0.2) is 4.79 Å². The lowest BCUT2D eigenvalue weighted by molar-refractivity contribution is -0.359. The summed E-state index contributed by atoms with van der Waals surface area (Å²) in [5.74, 6) is -0.974. The third kappa shape index (κ3) is 8.65. The van der Waals surface area contributed by atoms with Gasteiger partial charge in [-0.15, -0.1) is 0 Å². The van der Waals surface area contributed by atoms with E-state index in [2.05, 4.69) is 6.92 Å². The number of esters is 1. The summed E-state index contributed by atoms with van der Waals surface area (Å²) in [5, 5.41) is 87.7. The Morgan fingerprint density at radius 2 is 1.45 bits per heavy atom. The van der Waals surface area contributed by atoms with Crippen molar-refractivity contribution >= 4 is 5.97 Å². The minimum Gasteiger partial charge on any atom is -0.458 e. The molecule has 66 heavy (non-hydrogen) atoms. The van der Waals surface area contributed by atoms with Crippen LogP contribution in [0, 0.1) is 34.5 Å². The van der Waals surface area contributed by atoms with Crippen LogP contribution in [-0.4, -0.2) is 176 Å². The van der Waals surface area contributed by atoms with E-state index < -0.39 is 122 Å². The number of rotatable bonds is 10. The zero-order chi connectivity index (χ0) is 47.2. The Kier molecular flexibility index (Phi) is 14.0. The Balaban J connectivity index is 0.744. The number of aliphatic hydroxyl groups is 8. The fourth-order valence-electron chi connectivity index (χ4n) is 14.6. The summed E-state index contributed by atoms with van der Waals surface area (Å²) in [4.78, 5) is 12.0. The van der Waals surface area contributed by atoms with Crippen LogP contribution in [0.2, 0.25) is 0 Å². The van der Waals surface area contributed by atoms with Gasteiger partial charge in [-0.05, 0) is 120 Å². The molecule has 0 aromatic heterocycles. The highest BCUT2D eigenvalue weighted by Crippen LogP contribution is 2.70. The molecule has 4 aliphatic carbocycles. The van der Waals surface area contributed by atoms with E-state index in [-0.39, 0.29) is 54.7 Å². The van der Waals surface area contributed by atoms with E-state index in [0.717, 1.165) is 44.1 Å². The molecule has 9 rings (SSSR count). The van der Waals surface area contributed by atoms with Crippen molar-refractivity contribution in [2.75, 3.05) is 13.2 Å². The lowest BCUT2D eigenvalue weighted by atomic mass is 9.42. The molecule has 376 valence electrons. The molecule has 0 amide bonds. The van der Waals surface area contributed by atoms with Gasteiger partial charge in [0.1, 0.15) is 43.2 Å². The second-order valence-electron chi connectivity index (χ2n) is 22.1. The molecule has 5 heterocycles. The first-order valence-electron chi connectivity index (χ1n) is 24.7. The van der Waals surface area contributed by atoms with Crippen LogP contribution in [0.4, 0.5) is 0 Å². The molecule has 4 saturated heterocycles. The van der Waals surface area contributed by atoms with Gasteiger partial charge in [0.25, 0.3) is 0 Å². The van der Waals surface area contributed by atoms with Gasteiger partial charge in [-0.2, -0.15) is 0 Å². The van der Waals surface area contributed by atoms with Gasteiger partial charge in [0, 0.05) is 30.8 Å². The van der Waals surface area contributed by atoms with Crippen LogP contribution in [-0.2, 0) is 47.4 Å². The third-order valence-corrected chi connectivity index (χ3v) is 18.3. The Bertz CT molecular complexity index is 1740. The largest absolute Gasteiger partial charge is 0.458 e. The number of fused-ring (bicyclic) bond motifs is 5. The second kappa shape index (κ2) is 18.6. The first-order valence-corrected chi connectivity index (χ1v) is 24.7.